The van der Waals surface area contributed by atoms with Gasteiger partial charge in [0, 0.05) is 12.7 Å². The summed E-state index contributed by atoms with van der Waals surface area (Å²) >= 11 is 1.28. The quantitative estimate of drug-likeness (QED) is 0.616. The Morgan fingerprint density at radius 2 is 2.00 bits per heavy atom. The van der Waals surface area contributed by atoms with E-state index >= 15 is 0 Å². The van der Waals surface area contributed by atoms with Gasteiger partial charge in [-0.3, -0.25) is 14.6 Å². The molecule has 1 aliphatic heterocycles. The number of Topliss-reactive ketones (excluding diaryl/α,β-unsaturated/α-hetero) is 1. The SMILES string of the molecule is CCN(CC)CCCN1C(=O)C(O)=C(C(=O)c2sc(C)nc2C)C1c1ccccn1. The predicted octanol–water partition coefficient (Wildman–Crippen LogP) is 3.47. The van der Waals surface area contributed by atoms with Crippen LogP contribution in [-0.2, 0) is 4.79 Å². The third kappa shape index (κ3) is 4.29. The number of carbonyl (C=O) groups excluding carboxylic acids is 2. The Labute approximate surface area is 181 Å². The van der Waals surface area contributed by atoms with E-state index in [1.165, 1.54) is 11.3 Å². The molecule has 1 N–H and O–H groups in total. The molecule has 0 fully saturated rings. The van der Waals surface area contributed by atoms with E-state index in [0.29, 0.717) is 22.8 Å². The lowest BCUT2D eigenvalue weighted by Crippen LogP contribution is -2.34. The van der Waals surface area contributed by atoms with Crippen LogP contribution in [-0.4, -0.2) is 62.7 Å². The molecule has 3 heterocycles. The van der Waals surface area contributed by atoms with Crippen LogP contribution in [0.1, 0.15) is 52.4 Å². The molecule has 0 saturated carbocycles. The summed E-state index contributed by atoms with van der Waals surface area (Å²) in [4.78, 5) is 39.3. The van der Waals surface area contributed by atoms with E-state index in [2.05, 4.69) is 28.7 Å². The lowest BCUT2D eigenvalue weighted by atomic mass is 9.98. The van der Waals surface area contributed by atoms with Gasteiger partial charge in [-0.2, -0.15) is 0 Å². The topological polar surface area (TPSA) is 86.6 Å². The van der Waals surface area contributed by atoms with E-state index in [0.717, 1.165) is 31.1 Å². The fourth-order valence-electron chi connectivity index (χ4n) is 3.83. The summed E-state index contributed by atoms with van der Waals surface area (Å²) in [5.41, 5.74) is 1.27. The second kappa shape index (κ2) is 9.49. The summed E-state index contributed by atoms with van der Waals surface area (Å²) in [5, 5.41) is 11.5. The minimum absolute atomic E-state index is 0.0910. The Balaban J connectivity index is 1.95. The number of pyridine rings is 1. The molecule has 3 rings (SSSR count). The summed E-state index contributed by atoms with van der Waals surface area (Å²) in [6.07, 6.45) is 2.37. The number of ketones is 1. The van der Waals surface area contributed by atoms with Gasteiger partial charge < -0.3 is 14.9 Å². The first-order valence-corrected chi connectivity index (χ1v) is 11.1. The molecule has 0 radical (unpaired) electrons. The number of aliphatic hydroxyl groups excluding tert-OH is 1. The first kappa shape index (κ1) is 22.1. The van der Waals surface area contributed by atoms with Crippen LogP contribution in [0.15, 0.2) is 35.7 Å². The maximum atomic E-state index is 13.4. The molecule has 0 aliphatic carbocycles. The lowest BCUT2D eigenvalue weighted by Gasteiger charge is -2.27. The molecule has 0 spiro atoms. The normalized spacial score (nSPS) is 16.8. The second-order valence-electron chi connectivity index (χ2n) is 7.27. The summed E-state index contributed by atoms with van der Waals surface area (Å²) < 4.78 is 0. The molecule has 1 amide bonds. The van der Waals surface area contributed by atoms with Gasteiger partial charge in [-0.1, -0.05) is 19.9 Å². The third-order valence-corrected chi connectivity index (χ3v) is 6.47. The number of aromatic nitrogens is 2. The molecule has 160 valence electrons. The zero-order chi connectivity index (χ0) is 21.8. The highest BCUT2D eigenvalue weighted by molar-refractivity contribution is 7.14. The van der Waals surface area contributed by atoms with Crippen LogP contribution in [0.2, 0.25) is 0 Å². The number of hydrogen-bond acceptors (Lipinski definition) is 7. The highest BCUT2D eigenvalue weighted by Gasteiger charge is 2.44. The molecule has 1 atom stereocenters. The van der Waals surface area contributed by atoms with Gasteiger partial charge in [0.1, 0.15) is 6.04 Å². The predicted molar refractivity (Wildman–Crippen MR) is 117 cm³/mol. The van der Waals surface area contributed by atoms with Crippen molar-refractivity contribution in [2.45, 2.75) is 40.2 Å². The van der Waals surface area contributed by atoms with E-state index < -0.39 is 17.7 Å². The lowest BCUT2D eigenvalue weighted by molar-refractivity contribution is -0.129. The molecule has 2 aromatic rings. The van der Waals surface area contributed by atoms with Crippen LogP contribution >= 0.6 is 11.3 Å². The summed E-state index contributed by atoms with van der Waals surface area (Å²) in [5.74, 6) is -1.36. The van der Waals surface area contributed by atoms with Crippen LogP contribution < -0.4 is 0 Å². The maximum absolute atomic E-state index is 13.4. The summed E-state index contributed by atoms with van der Waals surface area (Å²) in [6, 6.07) is 4.68. The van der Waals surface area contributed by atoms with Gasteiger partial charge in [-0.15, -0.1) is 11.3 Å². The first-order valence-electron chi connectivity index (χ1n) is 10.2. The van der Waals surface area contributed by atoms with E-state index in [1.54, 1.807) is 30.2 Å². The van der Waals surface area contributed by atoms with Crippen molar-refractivity contribution in [1.29, 1.82) is 0 Å². The van der Waals surface area contributed by atoms with E-state index in [4.69, 9.17) is 0 Å². The van der Waals surface area contributed by atoms with E-state index in [1.807, 2.05) is 13.0 Å². The van der Waals surface area contributed by atoms with Gasteiger partial charge in [0.05, 0.1) is 26.8 Å². The number of thiazole rings is 1. The van der Waals surface area contributed by atoms with Gasteiger partial charge in [0.2, 0.25) is 5.78 Å². The highest BCUT2D eigenvalue weighted by Crippen LogP contribution is 2.39. The molecular weight excluding hydrogens is 400 g/mol. The molecule has 8 heteroatoms. The summed E-state index contributed by atoms with van der Waals surface area (Å²) in [6.45, 7) is 10.9. The minimum Gasteiger partial charge on any atom is -0.503 e. The first-order chi connectivity index (χ1) is 14.4. The van der Waals surface area contributed by atoms with Gasteiger partial charge in [0.25, 0.3) is 5.91 Å². The van der Waals surface area contributed by atoms with Crippen LogP contribution in [0.5, 0.6) is 0 Å². The molecule has 0 saturated heterocycles. The zero-order valence-electron chi connectivity index (χ0n) is 17.9. The molecular formula is C22H28N4O3S. The van der Waals surface area contributed by atoms with Crippen molar-refractivity contribution in [3.63, 3.8) is 0 Å². The number of carbonyl (C=O) groups is 2. The van der Waals surface area contributed by atoms with Crippen molar-refractivity contribution >= 4 is 23.0 Å². The van der Waals surface area contributed by atoms with Gasteiger partial charge >= 0.3 is 0 Å². The monoisotopic (exact) mass is 428 g/mol. The Hall–Kier alpha value is -2.58. The summed E-state index contributed by atoms with van der Waals surface area (Å²) in [7, 11) is 0. The smallest absolute Gasteiger partial charge is 0.290 e. The van der Waals surface area contributed by atoms with E-state index in [9.17, 15) is 14.7 Å². The fraction of sp³-hybridized carbons (Fsp3) is 0.455. The number of amides is 1. The fourth-order valence-corrected chi connectivity index (χ4v) is 4.70. The average Bonchev–Trinajstić information content (AvgIpc) is 3.21. The Kier molecular flexibility index (Phi) is 6.99. The standard InChI is InChI=1S/C22H28N4O3S/c1-5-25(6-2)12-9-13-26-18(16-10-7-8-11-23-16)17(20(28)22(26)29)19(27)21-14(3)24-15(4)30-21/h7-8,10-11,18,28H,5-6,9,12-13H2,1-4H3. The molecule has 2 aromatic heterocycles. The molecule has 7 nitrogen and oxygen atoms in total. The zero-order valence-corrected chi connectivity index (χ0v) is 18.7. The molecule has 1 aliphatic rings. The highest BCUT2D eigenvalue weighted by atomic mass is 32.1. The van der Waals surface area contributed by atoms with Crippen molar-refractivity contribution in [2.24, 2.45) is 0 Å². The Bertz CT molecular complexity index is 951. The largest absolute Gasteiger partial charge is 0.503 e. The van der Waals surface area contributed by atoms with Crippen molar-refractivity contribution < 1.29 is 14.7 Å². The molecule has 1 unspecified atom stereocenters. The molecule has 0 aromatic carbocycles. The second-order valence-corrected chi connectivity index (χ2v) is 8.48. The van der Waals surface area contributed by atoms with Crippen molar-refractivity contribution in [3.05, 3.63) is 57.0 Å². The number of aliphatic hydroxyl groups is 1. The van der Waals surface area contributed by atoms with Crippen LogP contribution in [0, 0.1) is 13.8 Å². The van der Waals surface area contributed by atoms with Crippen LogP contribution in [0.4, 0.5) is 0 Å². The third-order valence-electron chi connectivity index (χ3n) is 5.39. The van der Waals surface area contributed by atoms with Crippen molar-refractivity contribution in [3.8, 4) is 0 Å². The number of aryl methyl sites for hydroxylation is 2. The number of nitrogens with zero attached hydrogens (tertiary/aromatic N) is 4. The molecule has 0 bridgehead atoms. The Morgan fingerprint density at radius 3 is 2.57 bits per heavy atom. The number of hydrogen-bond donors (Lipinski definition) is 1. The van der Waals surface area contributed by atoms with Crippen LogP contribution in [0.25, 0.3) is 0 Å². The number of rotatable bonds is 9. The maximum Gasteiger partial charge on any atom is 0.290 e. The Morgan fingerprint density at radius 1 is 1.27 bits per heavy atom. The van der Waals surface area contributed by atoms with Gasteiger partial charge in [-0.25, -0.2) is 4.98 Å². The van der Waals surface area contributed by atoms with Crippen LogP contribution in [0.3, 0.4) is 0 Å². The van der Waals surface area contributed by atoms with Gasteiger partial charge in [-0.05, 0) is 52.0 Å². The molecule has 30 heavy (non-hydrogen) atoms. The average molecular weight is 429 g/mol. The van der Waals surface area contributed by atoms with Crippen molar-refractivity contribution in [2.75, 3.05) is 26.2 Å². The van der Waals surface area contributed by atoms with Gasteiger partial charge in [0.15, 0.2) is 5.76 Å². The minimum atomic E-state index is -0.704. The van der Waals surface area contributed by atoms with Crippen molar-refractivity contribution in [1.82, 2.24) is 19.8 Å². The van der Waals surface area contributed by atoms with E-state index in [-0.39, 0.29) is 11.4 Å².